The van der Waals surface area contributed by atoms with Crippen LogP contribution < -0.4 is 11.1 Å². The Morgan fingerprint density at radius 2 is 2.08 bits per heavy atom. The zero-order chi connectivity index (χ0) is 9.56. The third kappa shape index (κ3) is 7.50. The van der Waals surface area contributed by atoms with Crippen molar-refractivity contribution >= 4 is 5.91 Å². The molecule has 0 aromatic carbocycles. The monoisotopic (exact) mass is 174 g/mol. The van der Waals surface area contributed by atoms with Crippen molar-refractivity contribution in [3.8, 4) is 0 Å². The molecule has 1 atom stereocenters. The van der Waals surface area contributed by atoms with Gasteiger partial charge in [0.15, 0.2) is 0 Å². The summed E-state index contributed by atoms with van der Waals surface area (Å²) >= 11 is 0. The lowest BCUT2D eigenvalue weighted by molar-refractivity contribution is -0.127. The summed E-state index contributed by atoms with van der Waals surface area (Å²) in [5, 5.41) is 2.65. The van der Waals surface area contributed by atoms with Gasteiger partial charge in [-0.3, -0.25) is 4.79 Å². The summed E-state index contributed by atoms with van der Waals surface area (Å²) in [4.78, 5) is 11.0. The Morgan fingerprint density at radius 3 is 2.50 bits per heavy atom. The first-order valence-corrected chi connectivity index (χ1v) is 4.16. The fourth-order valence-corrected chi connectivity index (χ4v) is 0.568. The van der Waals surface area contributed by atoms with E-state index in [-0.39, 0.29) is 24.7 Å². The molecule has 0 aliphatic heterocycles. The Kier molecular flexibility index (Phi) is 5.66. The highest BCUT2D eigenvalue weighted by atomic mass is 16.5. The molecule has 0 radical (unpaired) electrons. The summed E-state index contributed by atoms with van der Waals surface area (Å²) in [6.07, 6.45) is 0.0889. The molecule has 72 valence electrons. The van der Waals surface area contributed by atoms with Crippen LogP contribution in [0.3, 0.4) is 0 Å². The molecule has 0 fully saturated rings. The van der Waals surface area contributed by atoms with Crippen molar-refractivity contribution in [3.05, 3.63) is 0 Å². The van der Waals surface area contributed by atoms with Crippen molar-refractivity contribution in [1.82, 2.24) is 5.32 Å². The highest BCUT2D eigenvalue weighted by Gasteiger charge is 2.02. The van der Waals surface area contributed by atoms with Crippen LogP contribution >= 0.6 is 0 Å². The van der Waals surface area contributed by atoms with Crippen molar-refractivity contribution in [1.29, 1.82) is 0 Å². The van der Waals surface area contributed by atoms with Crippen molar-refractivity contribution in [2.24, 2.45) is 5.73 Å². The van der Waals surface area contributed by atoms with Gasteiger partial charge in [0.05, 0.1) is 6.10 Å². The normalized spacial score (nSPS) is 13.1. The number of ether oxygens (including phenoxy) is 1. The number of amides is 1. The van der Waals surface area contributed by atoms with Crippen LogP contribution in [0.25, 0.3) is 0 Å². The summed E-state index contributed by atoms with van der Waals surface area (Å²) in [6, 6.07) is -0.00648. The number of hydrogen-bond acceptors (Lipinski definition) is 3. The number of nitrogens with one attached hydrogen (secondary N) is 1. The predicted molar refractivity (Wildman–Crippen MR) is 47.7 cm³/mol. The van der Waals surface area contributed by atoms with Crippen LogP contribution in [0.2, 0.25) is 0 Å². The van der Waals surface area contributed by atoms with Crippen molar-refractivity contribution in [2.45, 2.75) is 32.9 Å². The second-order valence-corrected chi connectivity index (χ2v) is 3.14. The van der Waals surface area contributed by atoms with Gasteiger partial charge in [0.25, 0.3) is 0 Å². The number of carbonyl (C=O) groups excluding carboxylic acids is 1. The Hall–Kier alpha value is -0.610. The van der Waals surface area contributed by atoms with Crippen LogP contribution in [0.15, 0.2) is 0 Å². The second kappa shape index (κ2) is 5.97. The zero-order valence-electron chi connectivity index (χ0n) is 7.96. The summed E-state index contributed by atoms with van der Waals surface area (Å²) in [7, 11) is 0. The fourth-order valence-electron chi connectivity index (χ4n) is 0.568. The minimum atomic E-state index is -0.110. The second-order valence-electron chi connectivity index (χ2n) is 3.14. The molecular weight excluding hydrogens is 156 g/mol. The van der Waals surface area contributed by atoms with Crippen LogP contribution in [-0.4, -0.2) is 31.2 Å². The van der Waals surface area contributed by atoms with Crippen LogP contribution in [0.1, 0.15) is 20.8 Å². The maximum atomic E-state index is 11.0. The average molecular weight is 174 g/mol. The first-order chi connectivity index (χ1) is 5.52. The van der Waals surface area contributed by atoms with E-state index in [1.807, 2.05) is 20.8 Å². The minimum absolute atomic E-state index is 0.00648. The Morgan fingerprint density at radius 1 is 1.50 bits per heavy atom. The lowest BCUT2D eigenvalue weighted by Crippen LogP contribution is -2.37. The van der Waals surface area contributed by atoms with E-state index in [1.54, 1.807) is 0 Å². The number of carbonyl (C=O) groups is 1. The van der Waals surface area contributed by atoms with Gasteiger partial charge in [-0.1, -0.05) is 0 Å². The van der Waals surface area contributed by atoms with Gasteiger partial charge in [-0.2, -0.15) is 0 Å². The first-order valence-electron chi connectivity index (χ1n) is 4.16. The maximum Gasteiger partial charge on any atom is 0.246 e. The molecular formula is C8H18N2O2. The molecule has 0 aromatic heterocycles. The summed E-state index contributed by atoms with van der Waals surface area (Å²) in [5.74, 6) is -0.110. The molecule has 4 heteroatoms. The molecule has 0 aromatic rings. The standard InChI is InChI=1S/C8H18N2O2/c1-6(2)12-5-8(11)10-4-7(3)9/h6-7H,4-5,9H2,1-3H3,(H,10,11). The molecule has 12 heavy (non-hydrogen) atoms. The van der Waals surface area contributed by atoms with Crippen LogP contribution in [0.5, 0.6) is 0 Å². The van der Waals surface area contributed by atoms with Gasteiger partial charge in [-0.05, 0) is 20.8 Å². The van der Waals surface area contributed by atoms with Crippen molar-refractivity contribution in [3.63, 3.8) is 0 Å². The smallest absolute Gasteiger partial charge is 0.246 e. The number of rotatable bonds is 5. The topological polar surface area (TPSA) is 64.3 Å². The molecule has 0 heterocycles. The molecule has 3 N–H and O–H groups in total. The molecule has 1 unspecified atom stereocenters. The number of nitrogens with two attached hydrogens (primary N) is 1. The number of hydrogen-bond donors (Lipinski definition) is 2. The lowest BCUT2D eigenvalue weighted by Gasteiger charge is -2.09. The van der Waals surface area contributed by atoms with Crippen molar-refractivity contribution < 1.29 is 9.53 Å². The molecule has 0 saturated heterocycles. The van der Waals surface area contributed by atoms with E-state index in [2.05, 4.69) is 5.32 Å². The van der Waals surface area contributed by atoms with Gasteiger partial charge in [-0.25, -0.2) is 0 Å². The van der Waals surface area contributed by atoms with Crippen LogP contribution in [-0.2, 0) is 9.53 Å². The van der Waals surface area contributed by atoms with E-state index in [4.69, 9.17) is 10.5 Å². The Balaban J connectivity index is 3.34. The third-order valence-electron chi connectivity index (χ3n) is 1.17. The third-order valence-corrected chi connectivity index (χ3v) is 1.17. The van der Waals surface area contributed by atoms with E-state index in [0.29, 0.717) is 6.54 Å². The first kappa shape index (κ1) is 11.4. The summed E-state index contributed by atoms with van der Waals surface area (Å²) in [5.41, 5.74) is 5.44. The molecule has 0 aliphatic carbocycles. The van der Waals surface area contributed by atoms with Gasteiger partial charge in [0.1, 0.15) is 6.61 Å². The van der Waals surface area contributed by atoms with Crippen LogP contribution in [0, 0.1) is 0 Å². The summed E-state index contributed by atoms with van der Waals surface area (Å²) < 4.78 is 5.08. The van der Waals surface area contributed by atoms with E-state index in [9.17, 15) is 4.79 Å². The highest BCUT2D eigenvalue weighted by molar-refractivity contribution is 5.77. The largest absolute Gasteiger partial charge is 0.369 e. The van der Waals surface area contributed by atoms with E-state index >= 15 is 0 Å². The molecule has 0 saturated carbocycles. The summed E-state index contributed by atoms with van der Waals surface area (Å²) in [6.45, 7) is 6.23. The zero-order valence-corrected chi connectivity index (χ0v) is 7.96. The van der Waals surface area contributed by atoms with Gasteiger partial charge < -0.3 is 15.8 Å². The minimum Gasteiger partial charge on any atom is -0.369 e. The lowest BCUT2D eigenvalue weighted by atomic mass is 10.3. The molecule has 0 aliphatic rings. The van der Waals surface area contributed by atoms with Gasteiger partial charge in [0.2, 0.25) is 5.91 Å². The van der Waals surface area contributed by atoms with Gasteiger partial charge in [-0.15, -0.1) is 0 Å². The average Bonchev–Trinajstić information content (AvgIpc) is 1.96. The highest BCUT2D eigenvalue weighted by Crippen LogP contribution is 1.86. The van der Waals surface area contributed by atoms with Crippen LogP contribution in [0.4, 0.5) is 0 Å². The van der Waals surface area contributed by atoms with E-state index in [0.717, 1.165) is 0 Å². The Labute approximate surface area is 73.5 Å². The van der Waals surface area contributed by atoms with Crippen molar-refractivity contribution in [2.75, 3.05) is 13.2 Å². The molecule has 1 amide bonds. The molecule has 0 rings (SSSR count). The molecule has 0 bridgehead atoms. The SMILES string of the molecule is CC(N)CNC(=O)COC(C)C. The van der Waals surface area contributed by atoms with Gasteiger partial charge >= 0.3 is 0 Å². The fraction of sp³-hybridized carbons (Fsp3) is 0.875. The van der Waals surface area contributed by atoms with E-state index < -0.39 is 0 Å². The van der Waals surface area contributed by atoms with Gasteiger partial charge in [0, 0.05) is 12.6 Å². The molecule has 4 nitrogen and oxygen atoms in total. The molecule has 0 spiro atoms. The predicted octanol–water partition coefficient (Wildman–Crippen LogP) is -0.125. The Bertz CT molecular complexity index is 121. The van der Waals surface area contributed by atoms with E-state index in [1.165, 1.54) is 0 Å². The maximum absolute atomic E-state index is 11.0. The quantitative estimate of drug-likeness (QED) is 0.610.